The Hall–Kier alpha value is -0.692. The molecular formula is C13H23AsO3. The maximum atomic E-state index is 11.4. The Balaban J connectivity index is 3.43. The van der Waals surface area contributed by atoms with Crippen LogP contribution in [0.25, 0.3) is 0 Å². The molecule has 0 aromatic heterocycles. The van der Waals surface area contributed by atoms with Crippen molar-refractivity contribution >= 4 is 19.5 Å². The first-order chi connectivity index (χ1) is 7.92. The predicted molar refractivity (Wildman–Crippen MR) is 72.0 cm³/mol. The van der Waals surface area contributed by atoms with Crippen molar-refractivity contribution in [3.8, 4) is 0 Å². The number of aliphatic carboxylic acids is 1. The fourth-order valence-corrected chi connectivity index (χ4v) is 2.63. The van der Waals surface area contributed by atoms with Crippen LogP contribution in [0.1, 0.15) is 32.1 Å². The molecule has 0 aliphatic rings. The third-order valence-corrected chi connectivity index (χ3v) is 4.45. The number of unbranched alkanes of at least 4 members (excludes halogenated alkanes) is 2. The molecule has 0 saturated carbocycles. The number of hydrogen-bond donors (Lipinski definition) is 1. The number of allylic oxidation sites excluding steroid dienone is 4. The average molecular weight is 302 g/mol. The molecule has 17 heavy (non-hydrogen) atoms. The molecule has 4 heteroatoms. The molecule has 98 valence electrons. The molecule has 0 spiro atoms. The second-order valence-corrected chi connectivity index (χ2v) is 11.9. The van der Waals surface area contributed by atoms with E-state index in [1.165, 1.54) is 0 Å². The summed E-state index contributed by atoms with van der Waals surface area (Å²) in [5.41, 5.74) is 3.70. The van der Waals surface area contributed by atoms with E-state index in [0.29, 0.717) is 0 Å². The molecule has 3 nitrogen and oxygen atoms in total. The first-order valence-electron chi connectivity index (χ1n) is 5.97. The van der Waals surface area contributed by atoms with E-state index in [-0.39, 0.29) is 6.42 Å². The summed E-state index contributed by atoms with van der Waals surface area (Å²) in [4.78, 5) is 10.2. The molecule has 0 aromatic carbocycles. The van der Waals surface area contributed by atoms with Crippen molar-refractivity contribution in [2.24, 2.45) is 0 Å². The van der Waals surface area contributed by atoms with Crippen LogP contribution in [0, 0.1) is 0 Å². The summed E-state index contributed by atoms with van der Waals surface area (Å²) in [5, 5.41) is 9.16. The van der Waals surface area contributed by atoms with E-state index in [1.807, 2.05) is 23.6 Å². The number of rotatable bonds is 9. The van der Waals surface area contributed by atoms with Gasteiger partial charge in [-0.2, -0.15) is 0 Å². The predicted octanol–water partition coefficient (Wildman–Crippen LogP) is 3.77. The molecule has 0 amide bonds. The Morgan fingerprint density at radius 3 is 2.35 bits per heavy atom. The van der Waals surface area contributed by atoms with E-state index < -0.39 is 19.5 Å². The second-order valence-electron chi connectivity index (χ2n) is 4.57. The van der Waals surface area contributed by atoms with Crippen molar-refractivity contribution in [1.82, 2.24) is 0 Å². The molecule has 0 aliphatic carbocycles. The number of carboxylic acid groups (broad SMARTS) is 1. The van der Waals surface area contributed by atoms with Crippen LogP contribution in [0.15, 0.2) is 24.3 Å². The van der Waals surface area contributed by atoms with Crippen LogP contribution >= 0.6 is 0 Å². The molecule has 0 aromatic rings. The van der Waals surface area contributed by atoms with Gasteiger partial charge in [-0.1, -0.05) is 0 Å². The Bertz CT molecular complexity index is 313. The summed E-state index contributed by atoms with van der Waals surface area (Å²) in [7, 11) is 0. The zero-order valence-corrected chi connectivity index (χ0v) is 12.6. The minimum atomic E-state index is -2.48. The van der Waals surface area contributed by atoms with E-state index in [0.717, 1.165) is 30.9 Å². The van der Waals surface area contributed by atoms with Gasteiger partial charge in [0, 0.05) is 0 Å². The first-order valence-corrected chi connectivity index (χ1v) is 11.8. The van der Waals surface area contributed by atoms with Gasteiger partial charge in [-0.3, -0.25) is 0 Å². The maximum absolute atomic E-state index is 11.4. The van der Waals surface area contributed by atoms with E-state index in [1.54, 1.807) is 0 Å². The van der Waals surface area contributed by atoms with E-state index in [2.05, 4.69) is 12.2 Å². The van der Waals surface area contributed by atoms with Crippen LogP contribution in [0.3, 0.4) is 0 Å². The SMILES string of the molecule is C[As](C)(=O)C/C=C\C/C=C\CCCCC(=O)O. The molecule has 0 bridgehead atoms. The van der Waals surface area contributed by atoms with Crippen molar-refractivity contribution in [3.63, 3.8) is 0 Å². The molecule has 0 heterocycles. The summed E-state index contributed by atoms with van der Waals surface area (Å²) in [6, 6.07) is 0. The Morgan fingerprint density at radius 1 is 1.12 bits per heavy atom. The third-order valence-electron chi connectivity index (χ3n) is 2.16. The van der Waals surface area contributed by atoms with Crippen molar-refractivity contribution < 1.29 is 13.6 Å². The fraction of sp³-hybridized carbons (Fsp3) is 0.615. The quantitative estimate of drug-likeness (QED) is 0.401. The van der Waals surface area contributed by atoms with Crippen molar-refractivity contribution in [2.75, 3.05) is 0 Å². The van der Waals surface area contributed by atoms with E-state index >= 15 is 0 Å². The van der Waals surface area contributed by atoms with Gasteiger partial charge in [0.05, 0.1) is 0 Å². The van der Waals surface area contributed by atoms with Crippen LogP contribution in [0.5, 0.6) is 0 Å². The number of hydrogen-bond acceptors (Lipinski definition) is 2. The third kappa shape index (κ3) is 15.3. The monoisotopic (exact) mass is 302 g/mol. The normalized spacial score (nSPS) is 12.6. The minimum absolute atomic E-state index is 0.262. The molecule has 0 aliphatic heterocycles. The van der Waals surface area contributed by atoms with Crippen molar-refractivity contribution in [1.29, 1.82) is 0 Å². The summed E-state index contributed by atoms with van der Waals surface area (Å²) in [6.07, 6.45) is 11.9. The van der Waals surface area contributed by atoms with Gasteiger partial charge in [-0.05, 0) is 0 Å². The molecule has 0 fully saturated rings. The summed E-state index contributed by atoms with van der Waals surface area (Å²) in [6.45, 7) is 0. The van der Waals surface area contributed by atoms with Crippen LogP contribution in [0.4, 0.5) is 0 Å². The second kappa shape index (κ2) is 9.35. The molecule has 0 radical (unpaired) electrons. The van der Waals surface area contributed by atoms with Crippen LogP contribution in [-0.4, -0.2) is 24.6 Å². The van der Waals surface area contributed by atoms with Gasteiger partial charge in [0.25, 0.3) is 0 Å². The topological polar surface area (TPSA) is 54.4 Å². The zero-order valence-electron chi connectivity index (χ0n) is 10.8. The van der Waals surface area contributed by atoms with Gasteiger partial charge in [-0.15, -0.1) is 0 Å². The summed E-state index contributed by atoms with van der Waals surface area (Å²) in [5.74, 6) is -0.720. The number of carbonyl (C=O) groups is 1. The molecule has 0 rings (SSSR count). The van der Waals surface area contributed by atoms with Crippen LogP contribution < -0.4 is 0 Å². The summed E-state index contributed by atoms with van der Waals surface area (Å²) >= 11 is -2.48. The molecular weight excluding hydrogens is 279 g/mol. The van der Waals surface area contributed by atoms with Gasteiger partial charge in [0.2, 0.25) is 0 Å². The first kappa shape index (κ1) is 16.3. The number of carboxylic acids is 1. The van der Waals surface area contributed by atoms with Gasteiger partial charge < -0.3 is 0 Å². The standard InChI is InChI=1S/C13H23AsO3/c1-14(2,17)12-10-8-6-4-3-5-7-9-11-13(15)16/h3-4,8,10H,5-7,9,11-12H2,1-2H3,(H,15,16)/b4-3-,10-8-. The van der Waals surface area contributed by atoms with Gasteiger partial charge in [0.15, 0.2) is 0 Å². The summed E-state index contributed by atoms with van der Waals surface area (Å²) < 4.78 is 11.4. The fourth-order valence-electron chi connectivity index (χ4n) is 1.26. The van der Waals surface area contributed by atoms with Gasteiger partial charge in [-0.25, -0.2) is 0 Å². The molecule has 0 unspecified atom stereocenters. The van der Waals surface area contributed by atoms with Gasteiger partial charge in [0.1, 0.15) is 0 Å². The molecule has 1 N–H and O–H groups in total. The molecule has 0 saturated heterocycles. The van der Waals surface area contributed by atoms with Gasteiger partial charge >= 0.3 is 106 Å². The average Bonchev–Trinajstić information content (AvgIpc) is 2.18. The van der Waals surface area contributed by atoms with E-state index in [4.69, 9.17) is 5.11 Å². The van der Waals surface area contributed by atoms with E-state index in [9.17, 15) is 8.53 Å². The Labute approximate surface area is 106 Å². The zero-order chi connectivity index (χ0) is 13.1. The molecule has 0 atom stereocenters. The van der Waals surface area contributed by atoms with Crippen molar-refractivity contribution in [2.45, 2.75) is 48.7 Å². The van der Waals surface area contributed by atoms with Crippen LogP contribution in [0.2, 0.25) is 16.6 Å². The van der Waals surface area contributed by atoms with Crippen molar-refractivity contribution in [3.05, 3.63) is 24.3 Å². The Morgan fingerprint density at radius 2 is 1.76 bits per heavy atom. The van der Waals surface area contributed by atoms with Crippen LogP contribution in [-0.2, 0) is 8.53 Å². The Kier molecular flexibility index (Phi) is 8.97.